The van der Waals surface area contributed by atoms with Crippen LogP contribution in [0.2, 0.25) is 0 Å². The zero-order valence-corrected chi connectivity index (χ0v) is 27.7. The summed E-state index contributed by atoms with van der Waals surface area (Å²) in [5, 5.41) is 4.41. The Balaban J connectivity index is 1.30. The Kier molecular flexibility index (Phi) is 8.34. The second-order valence-corrected chi connectivity index (χ2v) is 13.7. The number of anilines is 1. The van der Waals surface area contributed by atoms with Crippen LogP contribution in [0.4, 0.5) is 10.5 Å². The summed E-state index contributed by atoms with van der Waals surface area (Å²) in [6, 6.07) is 13.1. The first-order chi connectivity index (χ1) is 21.9. The molecule has 3 aromatic carbocycles. The normalized spacial score (nSPS) is 18.5. The smallest absolute Gasteiger partial charge is 0.407 e. The minimum Gasteiger partial charge on any atom is -0.500 e. The monoisotopic (exact) mass is 620 g/mol. The molecule has 1 atom stereocenters. The number of nitrogens with zero attached hydrogens (tertiary/aromatic N) is 1. The number of ether oxygens (including phenoxy) is 4. The summed E-state index contributed by atoms with van der Waals surface area (Å²) in [5.74, 6) is 1.37. The van der Waals surface area contributed by atoms with Gasteiger partial charge in [-0.3, -0.25) is 0 Å². The molecular formula is C36H42B2N2O6. The van der Waals surface area contributed by atoms with Crippen LogP contribution in [0.5, 0.6) is 11.5 Å². The molecule has 1 amide bonds. The number of amides is 1. The Morgan fingerprint density at radius 2 is 1.93 bits per heavy atom. The van der Waals surface area contributed by atoms with Crippen molar-refractivity contribution in [1.29, 1.82) is 0 Å². The van der Waals surface area contributed by atoms with Crippen LogP contribution in [0.25, 0.3) is 28.0 Å². The molecule has 6 rings (SSSR count). The van der Waals surface area contributed by atoms with Crippen LogP contribution in [0.15, 0.2) is 54.6 Å². The maximum atomic E-state index is 12.3. The first-order valence-electron chi connectivity index (χ1n) is 16.1. The minimum absolute atomic E-state index is 0.0626. The Bertz CT molecular complexity index is 1770. The van der Waals surface area contributed by atoms with E-state index in [1.54, 1.807) is 14.0 Å². The average molecular weight is 620 g/mol. The molecular weight excluding hydrogens is 578 g/mol. The van der Waals surface area contributed by atoms with Crippen LogP contribution < -0.4 is 19.7 Å². The summed E-state index contributed by atoms with van der Waals surface area (Å²) in [7, 11) is 5.90. The topological polar surface area (TPSA) is 86.3 Å². The molecule has 0 spiro atoms. The van der Waals surface area contributed by atoms with E-state index < -0.39 is 17.5 Å². The molecule has 3 aromatic rings. The average Bonchev–Trinajstić information content (AvgIpc) is 3.28. The second kappa shape index (κ2) is 12.1. The van der Waals surface area contributed by atoms with E-state index in [1.807, 2.05) is 0 Å². The third kappa shape index (κ3) is 5.74. The van der Waals surface area contributed by atoms with Gasteiger partial charge in [-0.15, -0.1) is 0 Å². The fourth-order valence-corrected chi connectivity index (χ4v) is 7.15. The highest BCUT2D eigenvalue weighted by atomic mass is 16.6. The van der Waals surface area contributed by atoms with Crippen LogP contribution >= 0.6 is 0 Å². The lowest BCUT2D eigenvalue weighted by Crippen LogP contribution is -2.39. The zero-order valence-electron chi connectivity index (χ0n) is 27.7. The van der Waals surface area contributed by atoms with E-state index in [9.17, 15) is 9.59 Å². The van der Waals surface area contributed by atoms with Crippen molar-refractivity contribution in [2.45, 2.75) is 44.4 Å². The molecule has 1 N–H and O–H groups in total. The summed E-state index contributed by atoms with van der Waals surface area (Å²) in [5.41, 5.74) is 7.42. The molecule has 1 fully saturated rings. The molecule has 0 saturated carbocycles. The number of hydrogen-bond acceptors (Lipinski definition) is 7. The summed E-state index contributed by atoms with van der Waals surface area (Å²) in [6.45, 7) is 11.9. The van der Waals surface area contributed by atoms with E-state index in [-0.39, 0.29) is 24.5 Å². The van der Waals surface area contributed by atoms with E-state index in [1.165, 1.54) is 22.3 Å². The SMILES string of the molecule is BC1(B)C=Cc2c3c(c4cc(N5CCCC(COC(=O)NCCOC(=O)C(=C)C)C5)c(OC)cc4c2O1)-c1ccccc1C3(C)C. The van der Waals surface area contributed by atoms with Crippen LogP contribution in [-0.2, 0) is 19.7 Å². The number of carbonyl (C=O) groups excluding carboxylic acids is 2. The highest BCUT2D eigenvalue weighted by Gasteiger charge is 2.41. The lowest BCUT2D eigenvalue weighted by Gasteiger charge is -2.36. The fourth-order valence-electron chi connectivity index (χ4n) is 7.15. The third-order valence-corrected chi connectivity index (χ3v) is 9.37. The van der Waals surface area contributed by atoms with Crippen molar-refractivity contribution >= 4 is 50.3 Å². The number of esters is 1. The number of hydrogen-bond donors (Lipinski definition) is 1. The van der Waals surface area contributed by atoms with Gasteiger partial charge in [-0.05, 0) is 59.5 Å². The van der Waals surface area contributed by atoms with E-state index in [4.69, 9.17) is 18.9 Å². The van der Waals surface area contributed by atoms with Gasteiger partial charge in [0.05, 0.1) is 31.3 Å². The Hall–Kier alpha value is -4.33. The lowest BCUT2D eigenvalue weighted by molar-refractivity contribution is -0.138. The molecule has 2 heterocycles. The number of nitrogens with one attached hydrogen (secondary N) is 1. The predicted molar refractivity (Wildman–Crippen MR) is 188 cm³/mol. The second-order valence-electron chi connectivity index (χ2n) is 13.7. The molecule has 46 heavy (non-hydrogen) atoms. The van der Waals surface area contributed by atoms with Crippen molar-refractivity contribution in [3.8, 4) is 22.6 Å². The van der Waals surface area contributed by atoms with Crippen LogP contribution in [0.3, 0.4) is 0 Å². The van der Waals surface area contributed by atoms with Crippen LogP contribution in [0, 0.1) is 5.92 Å². The Morgan fingerprint density at radius 3 is 2.70 bits per heavy atom. The molecule has 0 aromatic heterocycles. The quantitative estimate of drug-likeness (QED) is 0.171. The van der Waals surface area contributed by atoms with Gasteiger partial charge in [-0.25, -0.2) is 9.59 Å². The highest BCUT2D eigenvalue weighted by Crippen LogP contribution is 2.57. The third-order valence-electron chi connectivity index (χ3n) is 9.37. The van der Waals surface area contributed by atoms with Gasteiger partial charge in [0.1, 0.15) is 18.1 Å². The van der Waals surface area contributed by atoms with Crippen molar-refractivity contribution < 1.29 is 28.5 Å². The molecule has 238 valence electrons. The molecule has 0 radical (unpaired) electrons. The number of fused-ring (bicyclic) bond motifs is 8. The first kappa shape index (κ1) is 31.6. The maximum Gasteiger partial charge on any atom is 0.407 e. The summed E-state index contributed by atoms with van der Waals surface area (Å²) < 4.78 is 23.4. The van der Waals surface area contributed by atoms with Crippen LogP contribution in [-0.4, -0.2) is 73.1 Å². The van der Waals surface area contributed by atoms with Gasteiger partial charge in [0, 0.05) is 40.9 Å². The van der Waals surface area contributed by atoms with Crippen molar-refractivity contribution in [2.24, 2.45) is 5.92 Å². The van der Waals surface area contributed by atoms with Gasteiger partial charge in [0.15, 0.2) is 15.7 Å². The molecule has 10 heteroatoms. The molecule has 1 aliphatic carbocycles. The molecule has 8 nitrogen and oxygen atoms in total. The molecule has 3 aliphatic rings. The number of benzene rings is 3. The van der Waals surface area contributed by atoms with E-state index in [0.29, 0.717) is 12.2 Å². The van der Waals surface area contributed by atoms with Gasteiger partial charge in [-0.2, -0.15) is 0 Å². The number of alkyl carbamates (subject to hydrolysis) is 1. The van der Waals surface area contributed by atoms with Gasteiger partial charge in [0.25, 0.3) is 0 Å². The number of piperidine rings is 1. The van der Waals surface area contributed by atoms with Crippen LogP contribution in [0.1, 0.15) is 50.3 Å². The fraction of sp³-hybridized carbons (Fsp3) is 0.389. The maximum absolute atomic E-state index is 12.3. The Labute approximate surface area is 272 Å². The molecule has 2 aliphatic heterocycles. The largest absolute Gasteiger partial charge is 0.500 e. The first-order valence-corrected chi connectivity index (χ1v) is 16.1. The van der Waals surface area contributed by atoms with E-state index >= 15 is 0 Å². The van der Waals surface area contributed by atoms with Crippen molar-refractivity contribution in [2.75, 3.05) is 44.9 Å². The van der Waals surface area contributed by atoms with Gasteiger partial charge in [-0.1, -0.05) is 56.8 Å². The van der Waals surface area contributed by atoms with Gasteiger partial charge < -0.3 is 29.2 Å². The van der Waals surface area contributed by atoms with E-state index in [0.717, 1.165) is 59.5 Å². The summed E-state index contributed by atoms with van der Waals surface area (Å²) in [4.78, 5) is 26.2. The van der Waals surface area contributed by atoms with Crippen molar-refractivity contribution in [3.05, 3.63) is 71.3 Å². The van der Waals surface area contributed by atoms with Crippen molar-refractivity contribution in [3.63, 3.8) is 0 Å². The molecule has 0 bridgehead atoms. The number of carbonyl (C=O) groups is 2. The van der Waals surface area contributed by atoms with E-state index in [2.05, 4.69) is 94.9 Å². The summed E-state index contributed by atoms with van der Waals surface area (Å²) >= 11 is 0. The lowest BCUT2D eigenvalue weighted by atomic mass is 9.63. The highest BCUT2D eigenvalue weighted by molar-refractivity contribution is 6.41. The Morgan fingerprint density at radius 1 is 1.15 bits per heavy atom. The molecule has 1 unspecified atom stereocenters. The minimum atomic E-state index is -0.523. The standard InChI is InChI=1S/C36H42B2N2O6/c1-21(2)33(41)44-16-14-39-34(42)45-20-22-9-8-15-40(19-22)28-17-25-26(18-29(28)43-5)32-24(12-13-36(37,38)46-32)31-30(25)23-10-6-7-11-27(23)35(31,3)4/h6-7,10-13,17-18,22H,1,8-9,14-16,19-20,37-38H2,2-5H3,(H,39,42). The predicted octanol–water partition coefficient (Wildman–Crippen LogP) is 4.54. The van der Waals surface area contributed by atoms with Gasteiger partial charge in [0.2, 0.25) is 0 Å². The number of methoxy groups -OCH3 is 1. The zero-order chi connectivity index (χ0) is 32.8. The summed E-state index contributed by atoms with van der Waals surface area (Å²) in [6.07, 6.45) is 5.79. The van der Waals surface area contributed by atoms with Gasteiger partial charge >= 0.3 is 12.1 Å². The molecule has 1 saturated heterocycles. The van der Waals surface area contributed by atoms with Crippen molar-refractivity contribution in [1.82, 2.24) is 5.32 Å². The number of rotatable bonds is 8.